The van der Waals surface area contributed by atoms with E-state index < -0.39 is 0 Å². The van der Waals surface area contributed by atoms with Gasteiger partial charge >= 0.3 is 0 Å². The molecule has 3 saturated heterocycles. The van der Waals surface area contributed by atoms with Crippen LogP contribution in [-0.2, 0) is 0 Å². The van der Waals surface area contributed by atoms with Gasteiger partial charge in [0.15, 0.2) is 0 Å². The highest BCUT2D eigenvalue weighted by Gasteiger charge is 2.24. The van der Waals surface area contributed by atoms with E-state index in [1.54, 1.807) is 0 Å². The predicted molar refractivity (Wildman–Crippen MR) is 143 cm³/mol. The molecule has 0 saturated carbocycles. The predicted octanol–water partition coefficient (Wildman–Crippen LogP) is 3.98. The summed E-state index contributed by atoms with van der Waals surface area (Å²) in [4.78, 5) is 19.9. The number of nitrogens with zero attached hydrogens (tertiary/aromatic N) is 6. The van der Waals surface area contributed by atoms with E-state index in [0.717, 1.165) is 76.4 Å². The Morgan fingerprint density at radius 3 is 1.67 bits per heavy atom. The van der Waals surface area contributed by atoms with Crippen molar-refractivity contribution in [1.82, 2.24) is 14.9 Å². The number of aromatic nitrogens is 2. The maximum absolute atomic E-state index is 8.86. The smallest absolute Gasteiger partial charge is 0.229 e. The first-order valence-corrected chi connectivity index (χ1v) is 12.8. The minimum Gasteiger partial charge on any atom is -0.396 e. The monoisotopic (exact) mass is 502 g/mol. The van der Waals surface area contributed by atoms with E-state index in [4.69, 9.17) is 15.1 Å². The van der Waals surface area contributed by atoms with Crippen LogP contribution < -0.4 is 14.7 Å². The van der Waals surface area contributed by atoms with Crippen LogP contribution in [-0.4, -0.2) is 85.5 Å². The molecule has 33 heavy (non-hydrogen) atoms. The SMILES string of the molecule is Cl.Cl.OCCCCCCCCN1CCN(c2cc(N3CCCC3)nc(N3CCCC3)n2)CC1. The van der Waals surface area contributed by atoms with Gasteiger partial charge in [0, 0.05) is 65.0 Å². The number of hydrogen-bond acceptors (Lipinski definition) is 7. The Bertz CT molecular complexity index is 628. The summed E-state index contributed by atoms with van der Waals surface area (Å²) in [7, 11) is 0. The van der Waals surface area contributed by atoms with Gasteiger partial charge in [-0.05, 0) is 45.1 Å². The van der Waals surface area contributed by atoms with Crippen molar-refractivity contribution < 1.29 is 5.11 Å². The van der Waals surface area contributed by atoms with E-state index >= 15 is 0 Å². The Morgan fingerprint density at radius 1 is 0.606 bits per heavy atom. The highest BCUT2D eigenvalue weighted by atomic mass is 35.5. The Morgan fingerprint density at radius 2 is 1.09 bits per heavy atom. The Labute approximate surface area is 212 Å². The summed E-state index contributed by atoms with van der Waals surface area (Å²) >= 11 is 0. The summed E-state index contributed by atoms with van der Waals surface area (Å²) in [5.41, 5.74) is 0. The molecule has 0 unspecified atom stereocenters. The van der Waals surface area contributed by atoms with Gasteiger partial charge in [0.1, 0.15) is 11.6 Å². The van der Waals surface area contributed by atoms with E-state index in [-0.39, 0.29) is 24.8 Å². The van der Waals surface area contributed by atoms with E-state index in [1.807, 2.05) is 0 Å². The number of rotatable bonds is 11. The fraction of sp³-hybridized carbons (Fsp3) is 0.833. The first kappa shape index (κ1) is 28.2. The zero-order chi connectivity index (χ0) is 21.3. The van der Waals surface area contributed by atoms with Crippen molar-refractivity contribution in [3.8, 4) is 0 Å². The fourth-order valence-corrected chi connectivity index (χ4v) is 5.09. The van der Waals surface area contributed by atoms with Crippen molar-refractivity contribution in [3.05, 3.63) is 6.07 Å². The minimum atomic E-state index is 0. The molecule has 4 heterocycles. The van der Waals surface area contributed by atoms with Crippen LogP contribution >= 0.6 is 24.8 Å². The van der Waals surface area contributed by atoms with Gasteiger partial charge in [-0.25, -0.2) is 0 Å². The topological polar surface area (TPSA) is 59.0 Å². The molecular formula is C24H44Cl2N6O. The van der Waals surface area contributed by atoms with E-state index in [9.17, 15) is 0 Å². The zero-order valence-electron chi connectivity index (χ0n) is 20.2. The average Bonchev–Trinajstić information content (AvgIpc) is 3.53. The van der Waals surface area contributed by atoms with Gasteiger partial charge in [-0.1, -0.05) is 25.7 Å². The van der Waals surface area contributed by atoms with Crippen LogP contribution in [0.15, 0.2) is 6.07 Å². The Hall–Kier alpha value is -1.02. The standard InChI is InChI=1S/C24H42N6O.2ClH/c31-20-10-4-2-1-3-5-11-27-16-18-29(19-17-27)23-21-22(28-12-6-7-13-28)25-24(26-23)30-14-8-9-15-30;;/h21,31H,1-20H2;2*1H. The van der Waals surface area contributed by atoms with Crippen LogP contribution in [0.25, 0.3) is 0 Å². The van der Waals surface area contributed by atoms with Crippen LogP contribution in [0, 0.1) is 0 Å². The van der Waals surface area contributed by atoms with Gasteiger partial charge < -0.3 is 19.8 Å². The molecule has 1 aromatic rings. The van der Waals surface area contributed by atoms with Crippen molar-refractivity contribution in [1.29, 1.82) is 0 Å². The molecule has 0 radical (unpaired) electrons. The molecule has 0 bridgehead atoms. The van der Waals surface area contributed by atoms with Gasteiger partial charge in [0.25, 0.3) is 0 Å². The molecule has 1 N–H and O–H groups in total. The van der Waals surface area contributed by atoms with E-state index in [0.29, 0.717) is 6.61 Å². The number of piperazine rings is 1. The maximum Gasteiger partial charge on any atom is 0.229 e. The molecule has 0 amide bonds. The first-order valence-electron chi connectivity index (χ1n) is 12.8. The van der Waals surface area contributed by atoms with Crippen molar-refractivity contribution in [2.24, 2.45) is 0 Å². The second-order valence-electron chi connectivity index (χ2n) is 9.45. The summed E-state index contributed by atoms with van der Waals surface area (Å²) < 4.78 is 0. The third-order valence-corrected chi connectivity index (χ3v) is 7.09. The number of unbranched alkanes of at least 4 members (excludes halogenated alkanes) is 5. The number of hydrogen-bond donors (Lipinski definition) is 1. The molecule has 9 heteroatoms. The quantitative estimate of drug-likeness (QED) is 0.459. The van der Waals surface area contributed by atoms with Crippen LogP contribution in [0.2, 0.25) is 0 Å². The van der Waals surface area contributed by atoms with Gasteiger partial charge in [0.2, 0.25) is 5.95 Å². The summed E-state index contributed by atoms with van der Waals surface area (Å²) in [6.45, 7) is 10.4. The highest BCUT2D eigenvalue weighted by molar-refractivity contribution is 5.85. The van der Waals surface area contributed by atoms with Gasteiger partial charge in [0.05, 0.1) is 0 Å². The van der Waals surface area contributed by atoms with E-state index in [1.165, 1.54) is 64.3 Å². The minimum absolute atomic E-state index is 0. The molecule has 190 valence electrons. The van der Waals surface area contributed by atoms with Crippen LogP contribution in [0.3, 0.4) is 0 Å². The third-order valence-electron chi connectivity index (χ3n) is 7.09. The number of anilines is 3. The maximum atomic E-state index is 8.86. The lowest BCUT2D eigenvalue weighted by Gasteiger charge is -2.36. The lowest BCUT2D eigenvalue weighted by molar-refractivity contribution is 0.250. The summed E-state index contributed by atoms with van der Waals surface area (Å²) in [6.07, 6.45) is 12.4. The normalized spacial score (nSPS) is 19.0. The van der Waals surface area contributed by atoms with Crippen molar-refractivity contribution >= 4 is 42.4 Å². The van der Waals surface area contributed by atoms with Crippen LogP contribution in [0.1, 0.15) is 64.2 Å². The lowest BCUT2D eigenvalue weighted by Crippen LogP contribution is -2.47. The van der Waals surface area contributed by atoms with Gasteiger partial charge in [-0.2, -0.15) is 9.97 Å². The van der Waals surface area contributed by atoms with Crippen molar-refractivity contribution in [2.75, 3.05) is 80.2 Å². The number of aliphatic hydroxyl groups excluding tert-OH is 1. The molecule has 0 spiro atoms. The Kier molecular flexibility index (Phi) is 12.9. The second-order valence-corrected chi connectivity index (χ2v) is 9.45. The fourth-order valence-electron chi connectivity index (χ4n) is 5.09. The third kappa shape index (κ3) is 8.30. The molecule has 3 aliphatic heterocycles. The molecule has 3 aliphatic rings. The van der Waals surface area contributed by atoms with Crippen LogP contribution in [0.5, 0.6) is 0 Å². The molecule has 0 atom stereocenters. The highest BCUT2D eigenvalue weighted by Crippen LogP contribution is 2.27. The molecule has 7 nitrogen and oxygen atoms in total. The summed E-state index contributed by atoms with van der Waals surface area (Å²) in [5.74, 6) is 3.20. The molecule has 3 fully saturated rings. The lowest BCUT2D eigenvalue weighted by atomic mass is 10.1. The largest absolute Gasteiger partial charge is 0.396 e. The van der Waals surface area contributed by atoms with Crippen molar-refractivity contribution in [2.45, 2.75) is 64.2 Å². The second kappa shape index (κ2) is 15.1. The number of aliphatic hydroxyl groups is 1. The van der Waals surface area contributed by atoms with E-state index in [2.05, 4.69) is 25.7 Å². The van der Waals surface area contributed by atoms with Crippen LogP contribution in [0.4, 0.5) is 17.6 Å². The first-order chi connectivity index (χ1) is 15.3. The molecule has 0 aromatic carbocycles. The van der Waals surface area contributed by atoms with Gasteiger partial charge in [-0.15, -0.1) is 24.8 Å². The summed E-state index contributed by atoms with van der Waals surface area (Å²) in [6, 6.07) is 2.24. The summed E-state index contributed by atoms with van der Waals surface area (Å²) in [5, 5.41) is 8.86. The number of halogens is 2. The molecule has 1 aromatic heterocycles. The molecular weight excluding hydrogens is 459 g/mol. The molecule has 4 rings (SSSR count). The zero-order valence-corrected chi connectivity index (χ0v) is 21.8. The van der Waals surface area contributed by atoms with Gasteiger partial charge in [-0.3, -0.25) is 4.90 Å². The molecule has 0 aliphatic carbocycles. The average molecular weight is 504 g/mol. The Balaban J connectivity index is 0.00000193. The van der Waals surface area contributed by atoms with Crippen molar-refractivity contribution in [3.63, 3.8) is 0 Å².